The summed E-state index contributed by atoms with van der Waals surface area (Å²) >= 11 is 8.02. The van der Waals surface area contributed by atoms with E-state index in [1.165, 1.54) is 4.88 Å². The van der Waals surface area contributed by atoms with E-state index in [-0.39, 0.29) is 11.9 Å². The van der Waals surface area contributed by atoms with Crippen LogP contribution in [0.1, 0.15) is 11.8 Å². The summed E-state index contributed by atoms with van der Waals surface area (Å²) in [5.41, 5.74) is 1.08. The Morgan fingerprint density at radius 2 is 1.96 bits per heavy atom. The summed E-state index contributed by atoms with van der Waals surface area (Å²) in [5, 5.41) is 5.92. The molecule has 4 nitrogen and oxygen atoms in total. The van der Waals surface area contributed by atoms with E-state index in [1.807, 2.05) is 31.2 Å². The van der Waals surface area contributed by atoms with Gasteiger partial charge in [0.25, 0.3) is 0 Å². The zero-order valence-electron chi connectivity index (χ0n) is 14.5. The van der Waals surface area contributed by atoms with Crippen LogP contribution in [0.25, 0.3) is 0 Å². The third-order valence-electron chi connectivity index (χ3n) is 4.69. The van der Waals surface area contributed by atoms with Gasteiger partial charge in [-0.3, -0.25) is 9.69 Å². The highest BCUT2D eigenvalue weighted by molar-refractivity contribution is 7.09. The fraction of sp³-hybridized carbons (Fsp3) is 0.421. The number of para-hydroxylation sites is 1. The highest BCUT2D eigenvalue weighted by atomic mass is 35.5. The Labute approximate surface area is 158 Å². The van der Waals surface area contributed by atoms with Crippen LogP contribution in [-0.4, -0.2) is 49.6 Å². The van der Waals surface area contributed by atoms with Crippen LogP contribution in [-0.2, 0) is 11.2 Å². The van der Waals surface area contributed by atoms with E-state index in [0.717, 1.165) is 43.3 Å². The van der Waals surface area contributed by atoms with Gasteiger partial charge in [0.15, 0.2) is 0 Å². The number of piperazine rings is 1. The molecular weight excluding hydrogens is 354 g/mol. The molecule has 0 saturated carbocycles. The molecule has 1 fully saturated rings. The summed E-state index contributed by atoms with van der Waals surface area (Å²) in [4.78, 5) is 18.2. The standard InChI is InChI=1S/C19H24ClN3OS/c1-15(19(24)21-9-8-16-5-4-14-25-16)22-10-12-23(13-11-22)18-7-3-2-6-17(18)20/h2-7,14-15H,8-13H2,1H3,(H,21,24)/t15-/m1/s1. The number of halogens is 1. The molecule has 0 bridgehead atoms. The molecule has 1 aromatic carbocycles. The molecule has 2 aromatic rings. The molecule has 1 amide bonds. The van der Waals surface area contributed by atoms with Gasteiger partial charge >= 0.3 is 0 Å². The third kappa shape index (κ3) is 4.75. The Morgan fingerprint density at radius 3 is 2.64 bits per heavy atom. The molecule has 6 heteroatoms. The molecule has 1 N–H and O–H groups in total. The fourth-order valence-corrected chi connectivity index (χ4v) is 4.10. The van der Waals surface area contributed by atoms with Gasteiger partial charge < -0.3 is 10.2 Å². The number of rotatable bonds is 6. The molecule has 1 saturated heterocycles. The maximum Gasteiger partial charge on any atom is 0.237 e. The summed E-state index contributed by atoms with van der Waals surface area (Å²) in [5.74, 6) is 0.114. The Balaban J connectivity index is 1.45. The molecule has 3 rings (SSSR count). The lowest BCUT2D eigenvalue weighted by Gasteiger charge is -2.38. The number of carbonyl (C=O) groups excluding carboxylic acids is 1. The summed E-state index contributed by atoms with van der Waals surface area (Å²) in [6.07, 6.45) is 0.899. The van der Waals surface area contributed by atoms with Gasteiger partial charge in [-0.05, 0) is 36.9 Å². The van der Waals surface area contributed by atoms with Crippen LogP contribution in [0.4, 0.5) is 5.69 Å². The molecule has 0 radical (unpaired) electrons. The van der Waals surface area contributed by atoms with Crippen LogP contribution < -0.4 is 10.2 Å². The Hall–Kier alpha value is -1.56. The first-order chi connectivity index (χ1) is 12.1. The summed E-state index contributed by atoms with van der Waals surface area (Å²) in [6, 6.07) is 12.0. The number of nitrogens with one attached hydrogen (secondary N) is 1. The van der Waals surface area contributed by atoms with Crippen LogP contribution in [0.15, 0.2) is 41.8 Å². The molecule has 1 aromatic heterocycles. The molecule has 134 valence electrons. The first-order valence-corrected chi connectivity index (χ1v) is 9.94. The van der Waals surface area contributed by atoms with Crippen molar-refractivity contribution in [3.8, 4) is 0 Å². The van der Waals surface area contributed by atoms with Crippen molar-refractivity contribution in [1.82, 2.24) is 10.2 Å². The van der Waals surface area contributed by atoms with E-state index in [1.54, 1.807) is 11.3 Å². The Morgan fingerprint density at radius 1 is 1.20 bits per heavy atom. The van der Waals surface area contributed by atoms with Crippen LogP contribution in [0, 0.1) is 0 Å². The fourth-order valence-electron chi connectivity index (χ4n) is 3.14. The van der Waals surface area contributed by atoms with Gasteiger partial charge in [-0.2, -0.15) is 0 Å². The van der Waals surface area contributed by atoms with Crippen molar-refractivity contribution in [3.05, 3.63) is 51.7 Å². The maximum atomic E-state index is 12.4. The lowest BCUT2D eigenvalue weighted by Crippen LogP contribution is -2.54. The average molecular weight is 378 g/mol. The average Bonchev–Trinajstić information content (AvgIpc) is 3.15. The number of hydrogen-bond acceptors (Lipinski definition) is 4. The second-order valence-electron chi connectivity index (χ2n) is 6.27. The number of anilines is 1. The van der Waals surface area contributed by atoms with Gasteiger partial charge in [-0.15, -0.1) is 11.3 Å². The van der Waals surface area contributed by atoms with Crippen molar-refractivity contribution in [2.24, 2.45) is 0 Å². The van der Waals surface area contributed by atoms with E-state index in [0.29, 0.717) is 6.54 Å². The van der Waals surface area contributed by atoms with Gasteiger partial charge in [0.1, 0.15) is 0 Å². The van der Waals surface area contributed by atoms with Crippen molar-refractivity contribution in [3.63, 3.8) is 0 Å². The topological polar surface area (TPSA) is 35.6 Å². The zero-order valence-corrected chi connectivity index (χ0v) is 16.0. The maximum absolute atomic E-state index is 12.4. The summed E-state index contributed by atoms with van der Waals surface area (Å²) in [6.45, 7) is 6.19. The number of thiophene rings is 1. The minimum absolute atomic E-state index is 0.100. The molecule has 0 unspecified atom stereocenters. The predicted octanol–water partition coefficient (Wildman–Crippen LogP) is 3.27. The quantitative estimate of drug-likeness (QED) is 0.839. The minimum atomic E-state index is -0.100. The van der Waals surface area contributed by atoms with Gasteiger partial charge in [0.05, 0.1) is 16.8 Å². The van der Waals surface area contributed by atoms with Crippen molar-refractivity contribution < 1.29 is 4.79 Å². The lowest BCUT2D eigenvalue weighted by atomic mass is 10.2. The van der Waals surface area contributed by atoms with Crippen molar-refractivity contribution in [2.45, 2.75) is 19.4 Å². The lowest BCUT2D eigenvalue weighted by molar-refractivity contribution is -0.125. The molecule has 2 heterocycles. The van der Waals surface area contributed by atoms with Crippen LogP contribution in [0.3, 0.4) is 0 Å². The van der Waals surface area contributed by atoms with Crippen molar-refractivity contribution in [2.75, 3.05) is 37.6 Å². The number of amides is 1. The van der Waals surface area contributed by atoms with Crippen molar-refractivity contribution >= 4 is 34.5 Å². The molecule has 1 atom stereocenters. The normalized spacial score (nSPS) is 16.6. The highest BCUT2D eigenvalue weighted by Gasteiger charge is 2.26. The second kappa shape index (κ2) is 8.70. The second-order valence-corrected chi connectivity index (χ2v) is 7.71. The first-order valence-electron chi connectivity index (χ1n) is 8.69. The molecule has 0 aliphatic carbocycles. The van der Waals surface area contributed by atoms with E-state index >= 15 is 0 Å². The van der Waals surface area contributed by atoms with Gasteiger partial charge in [0.2, 0.25) is 5.91 Å². The van der Waals surface area contributed by atoms with E-state index < -0.39 is 0 Å². The number of benzene rings is 1. The molecule has 1 aliphatic heterocycles. The van der Waals surface area contributed by atoms with E-state index in [9.17, 15) is 4.79 Å². The van der Waals surface area contributed by atoms with Gasteiger partial charge in [-0.25, -0.2) is 0 Å². The molecule has 1 aliphatic rings. The summed E-state index contributed by atoms with van der Waals surface area (Å²) in [7, 11) is 0. The van der Waals surface area contributed by atoms with E-state index in [4.69, 9.17) is 11.6 Å². The van der Waals surface area contributed by atoms with Crippen molar-refractivity contribution in [1.29, 1.82) is 0 Å². The monoisotopic (exact) mass is 377 g/mol. The third-order valence-corrected chi connectivity index (χ3v) is 5.94. The van der Waals surface area contributed by atoms with Gasteiger partial charge in [-0.1, -0.05) is 29.8 Å². The minimum Gasteiger partial charge on any atom is -0.368 e. The van der Waals surface area contributed by atoms with Crippen LogP contribution in [0.5, 0.6) is 0 Å². The summed E-state index contributed by atoms with van der Waals surface area (Å²) < 4.78 is 0. The SMILES string of the molecule is C[C@H](C(=O)NCCc1cccs1)N1CCN(c2ccccc2Cl)CC1. The van der Waals surface area contributed by atoms with E-state index in [2.05, 4.69) is 32.6 Å². The Bertz CT molecular complexity index is 684. The Kier molecular flexibility index (Phi) is 6.34. The smallest absolute Gasteiger partial charge is 0.237 e. The first kappa shape index (κ1) is 18.2. The number of hydrogen-bond donors (Lipinski definition) is 1. The van der Waals surface area contributed by atoms with Crippen LogP contribution in [0.2, 0.25) is 5.02 Å². The molecule has 25 heavy (non-hydrogen) atoms. The van der Waals surface area contributed by atoms with Crippen LogP contribution >= 0.6 is 22.9 Å². The predicted molar refractivity (Wildman–Crippen MR) is 106 cm³/mol. The molecular formula is C19H24ClN3OS. The van der Waals surface area contributed by atoms with Gasteiger partial charge in [0, 0.05) is 37.6 Å². The number of carbonyl (C=O) groups is 1. The zero-order chi connectivity index (χ0) is 17.6. The highest BCUT2D eigenvalue weighted by Crippen LogP contribution is 2.26. The number of nitrogens with zero attached hydrogens (tertiary/aromatic N) is 2. The largest absolute Gasteiger partial charge is 0.368 e. The molecule has 0 spiro atoms.